The maximum absolute atomic E-state index is 13.0. The summed E-state index contributed by atoms with van der Waals surface area (Å²) >= 11 is 7.18. The highest BCUT2D eigenvalue weighted by Gasteiger charge is 2.14. The zero-order valence-corrected chi connectivity index (χ0v) is 15.7. The average Bonchev–Trinajstić information content (AvgIpc) is 2.96. The van der Waals surface area contributed by atoms with Crippen LogP contribution in [0.25, 0.3) is 11.4 Å². The molecule has 0 saturated carbocycles. The second-order valence-electron chi connectivity index (χ2n) is 5.70. The van der Waals surface area contributed by atoms with E-state index in [9.17, 15) is 9.18 Å². The van der Waals surface area contributed by atoms with Crippen LogP contribution in [0.5, 0.6) is 0 Å². The Balaban J connectivity index is 1.66. The number of halogens is 2. The van der Waals surface area contributed by atoms with Crippen LogP contribution in [0, 0.1) is 12.7 Å². The van der Waals surface area contributed by atoms with Crippen LogP contribution in [0.3, 0.4) is 0 Å². The lowest BCUT2D eigenvalue weighted by Crippen LogP contribution is -2.14. The second-order valence-corrected chi connectivity index (χ2v) is 7.05. The summed E-state index contributed by atoms with van der Waals surface area (Å²) in [5, 5.41) is 11.8. The van der Waals surface area contributed by atoms with Crippen LogP contribution in [-0.2, 0) is 11.8 Å². The Hall–Kier alpha value is -2.38. The number of thioether (sulfide) groups is 1. The average molecular weight is 391 g/mol. The number of hydrogen-bond donors (Lipinski definition) is 1. The largest absolute Gasteiger partial charge is 0.324 e. The lowest BCUT2D eigenvalue weighted by molar-refractivity contribution is -0.113. The monoisotopic (exact) mass is 390 g/mol. The highest BCUT2D eigenvalue weighted by Crippen LogP contribution is 2.25. The van der Waals surface area contributed by atoms with Gasteiger partial charge < -0.3 is 9.88 Å². The quantitative estimate of drug-likeness (QED) is 0.659. The van der Waals surface area contributed by atoms with E-state index in [0.29, 0.717) is 10.8 Å². The van der Waals surface area contributed by atoms with Crippen molar-refractivity contribution < 1.29 is 9.18 Å². The Labute approximate surface area is 159 Å². The fourth-order valence-corrected chi connectivity index (χ4v) is 3.31. The van der Waals surface area contributed by atoms with Crippen molar-refractivity contribution >= 4 is 35.0 Å². The summed E-state index contributed by atoms with van der Waals surface area (Å²) in [7, 11) is 1.86. The third-order valence-corrected chi connectivity index (χ3v) is 4.98. The molecular formula is C18H16ClFN4OS. The van der Waals surface area contributed by atoms with Crippen molar-refractivity contribution in [1.29, 1.82) is 0 Å². The maximum Gasteiger partial charge on any atom is 0.234 e. The molecule has 1 heterocycles. The summed E-state index contributed by atoms with van der Waals surface area (Å²) in [6.45, 7) is 2.01. The molecule has 0 aliphatic heterocycles. The minimum absolute atomic E-state index is 0.132. The van der Waals surface area contributed by atoms with Crippen LogP contribution in [0.15, 0.2) is 47.6 Å². The minimum Gasteiger partial charge on any atom is -0.324 e. The van der Waals surface area contributed by atoms with E-state index in [1.54, 1.807) is 0 Å². The number of carbonyl (C=O) groups is 1. The van der Waals surface area contributed by atoms with E-state index in [0.717, 1.165) is 23.0 Å². The molecule has 1 amide bonds. The van der Waals surface area contributed by atoms with Crippen LogP contribution < -0.4 is 5.32 Å². The normalized spacial score (nSPS) is 10.8. The molecule has 0 saturated heterocycles. The first-order valence-electron chi connectivity index (χ1n) is 7.78. The predicted octanol–water partition coefficient (Wildman–Crippen LogP) is 4.31. The molecule has 0 spiro atoms. The number of rotatable bonds is 5. The summed E-state index contributed by atoms with van der Waals surface area (Å²) in [5.41, 5.74) is 2.47. The Bertz CT molecular complexity index is 960. The van der Waals surface area contributed by atoms with Gasteiger partial charge in [0.05, 0.1) is 16.5 Å². The molecule has 0 radical (unpaired) electrons. The van der Waals surface area contributed by atoms with E-state index in [1.165, 1.54) is 23.9 Å². The first kappa shape index (κ1) is 18.4. The number of carbonyl (C=O) groups excluding carboxylic acids is 1. The molecule has 2 aromatic carbocycles. The maximum atomic E-state index is 13.0. The van der Waals surface area contributed by atoms with Crippen molar-refractivity contribution in [2.75, 3.05) is 11.1 Å². The van der Waals surface area contributed by atoms with Gasteiger partial charge in [-0.1, -0.05) is 47.1 Å². The zero-order valence-electron chi connectivity index (χ0n) is 14.2. The molecule has 1 aromatic heterocycles. The van der Waals surface area contributed by atoms with Crippen LogP contribution in [0.2, 0.25) is 5.02 Å². The van der Waals surface area contributed by atoms with Crippen LogP contribution in [-0.4, -0.2) is 26.4 Å². The van der Waals surface area contributed by atoms with Crippen molar-refractivity contribution in [3.8, 4) is 11.4 Å². The lowest BCUT2D eigenvalue weighted by atomic mass is 10.1. The van der Waals surface area contributed by atoms with E-state index in [1.807, 2.05) is 42.8 Å². The third kappa shape index (κ3) is 4.23. The number of benzene rings is 2. The van der Waals surface area contributed by atoms with Crippen molar-refractivity contribution in [2.24, 2.45) is 7.05 Å². The summed E-state index contributed by atoms with van der Waals surface area (Å²) < 4.78 is 14.9. The second kappa shape index (κ2) is 7.88. The van der Waals surface area contributed by atoms with Gasteiger partial charge in [0, 0.05) is 12.6 Å². The SMILES string of the molecule is Cc1cccc(-c2nnc(SCC(=O)Nc3ccc(F)cc3Cl)n2C)c1. The van der Waals surface area contributed by atoms with Crippen LogP contribution in [0.4, 0.5) is 10.1 Å². The molecule has 0 bridgehead atoms. The van der Waals surface area contributed by atoms with Gasteiger partial charge in [0.15, 0.2) is 11.0 Å². The molecule has 3 rings (SSSR count). The first-order valence-corrected chi connectivity index (χ1v) is 9.14. The standard InChI is InChI=1S/C18H16ClFN4OS/c1-11-4-3-5-12(8-11)17-22-23-18(24(17)2)26-10-16(25)21-15-7-6-13(20)9-14(15)19/h3-9H,10H2,1-2H3,(H,21,25). The Morgan fingerprint density at radius 1 is 1.27 bits per heavy atom. The molecule has 0 fully saturated rings. The van der Waals surface area contributed by atoms with Gasteiger partial charge >= 0.3 is 0 Å². The smallest absolute Gasteiger partial charge is 0.234 e. The molecule has 0 aliphatic carbocycles. The topological polar surface area (TPSA) is 59.8 Å². The number of amides is 1. The molecule has 3 aromatic rings. The first-order chi connectivity index (χ1) is 12.4. The third-order valence-electron chi connectivity index (χ3n) is 3.65. The number of anilines is 1. The van der Waals surface area contributed by atoms with Gasteiger partial charge in [0.1, 0.15) is 5.82 Å². The molecular weight excluding hydrogens is 375 g/mol. The number of nitrogens with zero attached hydrogens (tertiary/aromatic N) is 3. The Morgan fingerprint density at radius 2 is 2.08 bits per heavy atom. The van der Waals surface area contributed by atoms with E-state index in [4.69, 9.17) is 11.6 Å². The fourth-order valence-electron chi connectivity index (χ4n) is 2.38. The molecule has 0 unspecified atom stereocenters. The Morgan fingerprint density at radius 3 is 2.81 bits per heavy atom. The molecule has 0 aliphatic rings. The summed E-state index contributed by atoms with van der Waals surface area (Å²) in [6, 6.07) is 11.8. The van der Waals surface area contributed by atoms with E-state index >= 15 is 0 Å². The van der Waals surface area contributed by atoms with Gasteiger partial charge in [-0.15, -0.1) is 10.2 Å². The van der Waals surface area contributed by atoms with Crippen molar-refractivity contribution in [3.05, 3.63) is 58.9 Å². The molecule has 26 heavy (non-hydrogen) atoms. The number of hydrogen-bond acceptors (Lipinski definition) is 4. The highest BCUT2D eigenvalue weighted by atomic mass is 35.5. The van der Waals surface area contributed by atoms with Gasteiger partial charge in [-0.3, -0.25) is 4.79 Å². The highest BCUT2D eigenvalue weighted by molar-refractivity contribution is 7.99. The summed E-state index contributed by atoms with van der Waals surface area (Å²) in [4.78, 5) is 12.1. The van der Waals surface area contributed by atoms with Gasteiger partial charge in [0.2, 0.25) is 5.91 Å². The van der Waals surface area contributed by atoms with Crippen LogP contribution in [0.1, 0.15) is 5.56 Å². The molecule has 1 N–H and O–H groups in total. The van der Waals surface area contributed by atoms with Gasteiger partial charge in [-0.25, -0.2) is 4.39 Å². The minimum atomic E-state index is -0.454. The molecule has 5 nitrogen and oxygen atoms in total. The predicted molar refractivity (Wildman–Crippen MR) is 102 cm³/mol. The fraction of sp³-hybridized carbons (Fsp3) is 0.167. The molecule has 0 atom stereocenters. The van der Waals surface area contributed by atoms with Crippen molar-refractivity contribution in [3.63, 3.8) is 0 Å². The van der Waals surface area contributed by atoms with E-state index in [2.05, 4.69) is 15.5 Å². The van der Waals surface area contributed by atoms with Gasteiger partial charge in [0.25, 0.3) is 0 Å². The number of nitrogens with one attached hydrogen (secondary N) is 1. The van der Waals surface area contributed by atoms with Crippen molar-refractivity contribution in [1.82, 2.24) is 14.8 Å². The number of aromatic nitrogens is 3. The summed E-state index contributed by atoms with van der Waals surface area (Å²) in [5.74, 6) is 0.153. The van der Waals surface area contributed by atoms with Crippen molar-refractivity contribution in [2.45, 2.75) is 12.1 Å². The summed E-state index contributed by atoms with van der Waals surface area (Å²) in [6.07, 6.45) is 0. The van der Waals surface area contributed by atoms with Gasteiger partial charge in [-0.2, -0.15) is 0 Å². The van der Waals surface area contributed by atoms with Gasteiger partial charge in [-0.05, 0) is 31.2 Å². The Kier molecular flexibility index (Phi) is 5.58. The lowest BCUT2D eigenvalue weighted by Gasteiger charge is -2.07. The molecule has 8 heteroatoms. The zero-order chi connectivity index (χ0) is 18.7. The van der Waals surface area contributed by atoms with E-state index in [-0.39, 0.29) is 16.7 Å². The molecule has 134 valence electrons. The van der Waals surface area contributed by atoms with Crippen LogP contribution >= 0.6 is 23.4 Å². The number of aryl methyl sites for hydroxylation is 1. The van der Waals surface area contributed by atoms with E-state index < -0.39 is 5.82 Å².